The first-order chi connectivity index (χ1) is 8.19. The predicted molar refractivity (Wildman–Crippen MR) is 69.2 cm³/mol. The van der Waals surface area contributed by atoms with Crippen LogP contribution in [0.1, 0.15) is 34.9 Å². The van der Waals surface area contributed by atoms with Gasteiger partial charge >= 0.3 is 0 Å². The van der Waals surface area contributed by atoms with Gasteiger partial charge in [-0.1, -0.05) is 0 Å². The Morgan fingerprint density at radius 3 is 2.94 bits per heavy atom. The predicted octanol–water partition coefficient (Wildman–Crippen LogP) is 2.56. The van der Waals surface area contributed by atoms with E-state index in [1.165, 1.54) is 18.4 Å². The number of hydrogen-bond donors (Lipinski definition) is 2. The molecule has 2 aromatic rings. The highest BCUT2D eigenvalue weighted by Gasteiger charge is 2.25. The molecule has 88 valence electrons. The third kappa shape index (κ3) is 1.84. The Kier molecular flexibility index (Phi) is 2.43. The number of amides is 1. The fraction of sp³-hybridized carbons (Fsp3) is 0.333. The lowest BCUT2D eigenvalue weighted by atomic mass is 10.1. The first kappa shape index (κ1) is 10.8. The van der Waals surface area contributed by atoms with Crippen molar-refractivity contribution < 1.29 is 4.79 Å². The molecular weight excluding hydrogens is 282 g/mol. The lowest BCUT2D eigenvalue weighted by Gasteiger charge is -1.99. The molecule has 0 spiro atoms. The summed E-state index contributed by atoms with van der Waals surface area (Å²) in [6.45, 7) is 0. The maximum Gasteiger partial charge on any atom is 0.286 e. The summed E-state index contributed by atoms with van der Waals surface area (Å²) >= 11 is 3.51. The molecular formula is C12H12BrN3O. The van der Waals surface area contributed by atoms with Gasteiger partial charge in [0.1, 0.15) is 5.52 Å². The number of hydrogen-bond acceptors (Lipinski definition) is 2. The van der Waals surface area contributed by atoms with Crippen molar-refractivity contribution >= 4 is 32.9 Å². The molecule has 1 heterocycles. The molecule has 1 aromatic carbocycles. The number of carbonyl (C=O) groups excluding carboxylic acids is 1. The molecule has 0 bridgehead atoms. The Bertz CT molecular complexity index is 601. The zero-order valence-corrected chi connectivity index (χ0v) is 11.0. The molecule has 2 N–H and O–H groups in total. The Labute approximate surface area is 107 Å². The Morgan fingerprint density at radius 2 is 2.29 bits per heavy atom. The molecule has 0 radical (unpaired) electrons. The molecule has 1 aliphatic carbocycles. The molecule has 1 aliphatic rings. The third-order valence-corrected chi connectivity index (χ3v) is 3.66. The number of aromatic amines is 1. The fourth-order valence-corrected chi connectivity index (χ4v) is 2.54. The first-order valence-electron chi connectivity index (χ1n) is 5.60. The number of H-pyrrole nitrogens is 1. The van der Waals surface area contributed by atoms with Crippen molar-refractivity contribution in [3.63, 3.8) is 0 Å². The summed E-state index contributed by atoms with van der Waals surface area (Å²) in [7, 11) is 1.60. The molecule has 3 rings (SSSR count). The van der Waals surface area contributed by atoms with Gasteiger partial charge < -0.3 is 10.3 Å². The van der Waals surface area contributed by atoms with E-state index in [2.05, 4.69) is 43.3 Å². The quantitative estimate of drug-likeness (QED) is 0.894. The smallest absolute Gasteiger partial charge is 0.286 e. The van der Waals surface area contributed by atoms with Crippen LogP contribution in [0.25, 0.3) is 11.0 Å². The van der Waals surface area contributed by atoms with Crippen molar-refractivity contribution in [1.82, 2.24) is 15.3 Å². The SMILES string of the molecule is CNC(=O)c1nc2c(Br)cc(C3CC3)cc2[nH]1. The molecule has 4 nitrogen and oxygen atoms in total. The third-order valence-electron chi connectivity index (χ3n) is 3.05. The van der Waals surface area contributed by atoms with Crippen molar-refractivity contribution in [1.29, 1.82) is 0 Å². The average Bonchev–Trinajstić information content (AvgIpc) is 3.08. The molecule has 0 aliphatic heterocycles. The summed E-state index contributed by atoms with van der Waals surface area (Å²) in [4.78, 5) is 18.9. The monoisotopic (exact) mass is 293 g/mol. The van der Waals surface area contributed by atoms with Crippen LogP contribution in [0.15, 0.2) is 16.6 Å². The zero-order valence-electron chi connectivity index (χ0n) is 9.38. The second kappa shape index (κ2) is 3.84. The molecule has 0 unspecified atom stereocenters. The number of nitrogens with zero attached hydrogens (tertiary/aromatic N) is 1. The van der Waals surface area contributed by atoms with Crippen LogP contribution < -0.4 is 5.32 Å². The van der Waals surface area contributed by atoms with Gasteiger partial charge in [-0.3, -0.25) is 4.79 Å². The molecule has 5 heteroatoms. The van der Waals surface area contributed by atoms with E-state index < -0.39 is 0 Å². The van der Waals surface area contributed by atoms with E-state index in [9.17, 15) is 4.79 Å². The first-order valence-corrected chi connectivity index (χ1v) is 6.39. The van der Waals surface area contributed by atoms with Gasteiger partial charge in [0, 0.05) is 11.5 Å². The Hall–Kier alpha value is -1.36. The van der Waals surface area contributed by atoms with Crippen molar-refractivity contribution in [2.75, 3.05) is 7.05 Å². The van der Waals surface area contributed by atoms with Crippen LogP contribution in [0.3, 0.4) is 0 Å². The maximum atomic E-state index is 11.5. The largest absolute Gasteiger partial charge is 0.352 e. The highest BCUT2D eigenvalue weighted by molar-refractivity contribution is 9.10. The number of imidazole rings is 1. The van der Waals surface area contributed by atoms with Crippen molar-refractivity contribution in [2.45, 2.75) is 18.8 Å². The highest BCUT2D eigenvalue weighted by Crippen LogP contribution is 2.42. The van der Waals surface area contributed by atoms with Crippen LogP contribution in [0.5, 0.6) is 0 Å². The molecule has 1 fully saturated rings. The van der Waals surface area contributed by atoms with E-state index in [1.54, 1.807) is 7.05 Å². The van der Waals surface area contributed by atoms with Gasteiger partial charge in [0.05, 0.1) is 5.52 Å². The van der Waals surface area contributed by atoms with Crippen molar-refractivity contribution in [2.24, 2.45) is 0 Å². The number of carbonyl (C=O) groups is 1. The molecule has 17 heavy (non-hydrogen) atoms. The number of halogens is 1. The number of aromatic nitrogens is 2. The normalized spacial score (nSPS) is 15.2. The fourth-order valence-electron chi connectivity index (χ4n) is 1.97. The van der Waals surface area contributed by atoms with Gasteiger partial charge in [-0.05, 0) is 52.4 Å². The summed E-state index contributed by atoms with van der Waals surface area (Å²) in [5.41, 5.74) is 3.05. The Morgan fingerprint density at radius 1 is 1.53 bits per heavy atom. The maximum absolute atomic E-state index is 11.5. The number of nitrogens with one attached hydrogen (secondary N) is 2. The molecule has 1 aromatic heterocycles. The van der Waals surface area contributed by atoms with Crippen molar-refractivity contribution in [3.05, 3.63) is 28.0 Å². The Balaban J connectivity index is 2.14. The zero-order chi connectivity index (χ0) is 12.0. The number of rotatable bonds is 2. The molecule has 1 saturated carbocycles. The minimum absolute atomic E-state index is 0.193. The molecule has 1 amide bonds. The van der Waals surface area contributed by atoms with E-state index in [4.69, 9.17) is 0 Å². The summed E-state index contributed by atoms with van der Waals surface area (Å²) in [5, 5.41) is 2.56. The lowest BCUT2D eigenvalue weighted by molar-refractivity contribution is 0.0954. The van der Waals surface area contributed by atoms with Gasteiger partial charge in [-0.2, -0.15) is 0 Å². The van der Waals surface area contributed by atoms with E-state index >= 15 is 0 Å². The van der Waals surface area contributed by atoms with E-state index in [0.717, 1.165) is 15.5 Å². The van der Waals surface area contributed by atoms with E-state index in [1.807, 2.05) is 0 Å². The van der Waals surface area contributed by atoms with Gasteiger partial charge in [0.2, 0.25) is 0 Å². The van der Waals surface area contributed by atoms with Crippen LogP contribution >= 0.6 is 15.9 Å². The van der Waals surface area contributed by atoms with Crippen molar-refractivity contribution in [3.8, 4) is 0 Å². The van der Waals surface area contributed by atoms with Gasteiger partial charge in [0.15, 0.2) is 5.82 Å². The topological polar surface area (TPSA) is 57.8 Å². The van der Waals surface area contributed by atoms with Crippen LogP contribution in [0.4, 0.5) is 0 Å². The summed E-state index contributed by atoms with van der Waals surface area (Å²) < 4.78 is 0.948. The molecule has 0 saturated heterocycles. The average molecular weight is 294 g/mol. The van der Waals surface area contributed by atoms with Crippen LogP contribution in [0, 0.1) is 0 Å². The minimum atomic E-state index is -0.193. The van der Waals surface area contributed by atoms with E-state index in [0.29, 0.717) is 11.7 Å². The lowest BCUT2D eigenvalue weighted by Crippen LogP contribution is -2.19. The standard InChI is InChI=1S/C12H12BrN3O/c1-14-12(17)11-15-9-5-7(6-2-3-6)4-8(13)10(9)16-11/h4-6H,2-3H2,1H3,(H,14,17)(H,15,16). The van der Waals surface area contributed by atoms with Gasteiger partial charge in [-0.15, -0.1) is 0 Å². The van der Waals surface area contributed by atoms with Crippen LogP contribution in [0.2, 0.25) is 0 Å². The summed E-state index contributed by atoms with van der Waals surface area (Å²) in [5.74, 6) is 0.847. The van der Waals surface area contributed by atoms with E-state index in [-0.39, 0.29) is 5.91 Å². The van der Waals surface area contributed by atoms with Gasteiger partial charge in [0.25, 0.3) is 5.91 Å². The second-order valence-corrected chi connectivity index (χ2v) is 5.19. The number of fused-ring (bicyclic) bond motifs is 1. The molecule has 0 atom stereocenters. The summed E-state index contributed by atoms with van der Waals surface area (Å²) in [6, 6.07) is 4.20. The summed E-state index contributed by atoms with van der Waals surface area (Å²) in [6.07, 6.45) is 2.52. The van der Waals surface area contributed by atoms with Gasteiger partial charge in [-0.25, -0.2) is 4.98 Å². The second-order valence-electron chi connectivity index (χ2n) is 4.34. The highest BCUT2D eigenvalue weighted by atomic mass is 79.9. The van der Waals surface area contributed by atoms with Crippen LogP contribution in [-0.2, 0) is 0 Å². The minimum Gasteiger partial charge on any atom is -0.352 e. The van der Waals surface area contributed by atoms with Crippen LogP contribution in [-0.4, -0.2) is 22.9 Å². The number of benzene rings is 1.